The van der Waals surface area contributed by atoms with Gasteiger partial charge < -0.3 is 5.32 Å². The van der Waals surface area contributed by atoms with Crippen LogP contribution in [-0.2, 0) is 11.0 Å². The maximum atomic E-state index is 12.6. The molecule has 0 atom stereocenters. The minimum atomic E-state index is -4.48. The highest BCUT2D eigenvalue weighted by molar-refractivity contribution is 6.30. The predicted molar refractivity (Wildman–Crippen MR) is 62.0 cm³/mol. The predicted octanol–water partition coefficient (Wildman–Crippen LogP) is 2.85. The molecule has 1 rings (SSSR count). The lowest BCUT2D eigenvalue weighted by atomic mass is 10.1. The number of carbonyl (C=O) groups is 1. The van der Waals surface area contributed by atoms with E-state index in [1.54, 1.807) is 0 Å². The molecule has 1 amide bonds. The SMILES string of the molecule is CC(=O)NCC#Cc1cc(Cl)ccc1C(F)(F)F. The number of alkyl halides is 3. The van der Waals surface area contributed by atoms with E-state index in [4.69, 9.17) is 11.6 Å². The Morgan fingerprint density at radius 2 is 2.11 bits per heavy atom. The molecule has 0 aliphatic carbocycles. The molecule has 0 heterocycles. The molecule has 0 fully saturated rings. The third-order valence-electron chi connectivity index (χ3n) is 1.94. The number of hydrogen-bond acceptors (Lipinski definition) is 1. The van der Waals surface area contributed by atoms with Crippen LogP contribution < -0.4 is 5.32 Å². The van der Waals surface area contributed by atoms with Crippen molar-refractivity contribution in [3.63, 3.8) is 0 Å². The zero-order chi connectivity index (χ0) is 13.8. The number of rotatable bonds is 1. The summed E-state index contributed by atoms with van der Waals surface area (Å²) < 4.78 is 37.9. The molecule has 0 aromatic heterocycles. The normalized spacial score (nSPS) is 10.5. The summed E-state index contributed by atoms with van der Waals surface area (Å²) in [6, 6.07) is 3.18. The van der Waals surface area contributed by atoms with Gasteiger partial charge in [-0.3, -0.25) is 4.79 Å². The molecule has 1 N–H and O–H groups in total. The molecule has 0 aliphatic rings. The molecule has 0 saturated heterocycles. The summed E-state index contributed by atoms with van der Waals surface area (Å²) >= 11 is 5.63. The second kappa shape index (κ2) is 5.78. The minimum absolute atomic E-state index is 0.0147. The molecule has 0 radical (unpaired) electrons. The third-order valence-corrected chi connectivity index (χ3v) is 2.17. The molecular formula is C12H9ClF3NO. The molecular weight excluding hydrogens is 267 g/mol. The smallest absolute Gasteiger partial charge is 0.345 e. The van der Waals surface area contributed by atoms with Gasteiger partial charge in [-0.05, 0) is 18.2 Å². The second-order valence-corrected chi connectivity index (χ2v) is 3.84. The highest BCUT2D eigenvalue weighted by Gasteiger charge is 2.32. The van der Waals surface area contributed by atoms with E-state index in [-0.39, 0.29) is 23.0 Å². The maximum absolute atomic E-state index is 12.6. The molecule has 6 heteroatoms. The maximum Gasteiger partial charge on any atom is 0.417 e. The summed E-state index contributed by atoms with van der Waals surface area (Å²) in [5.41, 5.74) is -1.05. The third kappa shape index (κ3) is 4.30. The lowest BCUT2D eigenvalue weighted by molar-refractivity contribution is -0.137. The van der Waals surface area contributed by atoms with Crippen molar-refractivity contribution in [2.75, 3.05) is 6.54 Å². The highest BCUT2D eigenvalue weighted by atomic mass is 35.5. The largest absolute Gasteiger partial charge is 0.417 e. The molecule has 2 nitrogen and oxygen atoms in total. The van der Waals surface area contributed by atoms with Crippen LogP contribution in [0.25, 0.3) is 0 Å². The van der Waals surface area contributed by atoms with E-state index in [1.807, 2.05) is 0 Å². The van der Waals surface area contributed by atoms with Gasteiger partial charge in [0.1, 0.15) is 0 Å². The first-order chi connectivity index (χ1) is 8.30. The Kier molecular flexibility index (Phi) is 4.62. The van der Waals surface area contributed by atoms with E-state index in [0.717, 1.165) is 18.2 Å². The molecule has 0 bridgehead atoms. The summed E-state index contributed by atoms with van der Waals surface area (Å²) in [7, 11) is 0. The first-order valence-electron chi connectivity index (χ1n) is 4.91. The Labute approximate surface area is 107 Å². The lowest BCUT2D eigenvalue weighted by Gasteiger charge is -2.09. The second-order valence-electron chi connectivity index (χ2n) is 3.40. The van der Waals surface area contributed by atoms with Crippen LogP contribution >= 0.6 is 11.6 Å². The van der Waals surface area contributed by atoms with Crippen LogP contribution in [0.15, 0.2) is 18.2 Å². The van der Waals surface area contributed by atoms with Crippen molar-refractivity contribution in [1.29, 1.82) is 0 Å². The van der Waals surface area contributed by atoms with E-state index < -0.39 is 11.7 Å². The quantitative estimate of drug-likeness (QED) is 0.785. The van der Waals surface area contributed by atoms with Crippen LogP contribution in [0.3, 0.4) is 0 Å². The van der Waals surface area contributed by atoms with Crippen molar-refractivity contribution in [2.45, 2.75) is 13.1 Å². The fraction of sp³-hybridized carbons (Fsp3) is 0.250. The van der Waals surface area contributed by atoms with Gasteiger partial charge in [-0.15, -0.1) is 0 Å². The average molecular weight is 276 g/mol. The molecule has 0 aliphatic heterocycles. The van der Waals surface area contributed by atoms with E-state index in [1.165, 1.54) is 6.92 Å². The van der Waals surface area contributed by atoms with Gasteiger partial charge in [-0.2, -0.15) is 13.2 Å². The lowest BCUT2D eigenvalue weighted by Crippen LogP contribution is -2.19. The van der Waals surface area contributed by atoms with Gasteiger partial charge in [0.2, 0.25) is 5.91 Å². The fourth-order valence-corrected chi connectivity index (χ4v) is 1.35. The van der Waals surface area contributed by atoms with Crippen LogP contribution in [0.5, 0.6) is 0 Å². The van der Waals surface area contributed by atoms with Gasteiger partial charge in [0, 0.05) is 17.5 Å². The molecule has 96 valence electrons. The van der Waals surface area contributed by atoms with Gasteiger partial charge in [-0.25, -0.2) is 0 Å². The van der Waals surface area contributed by atoms with Crippen LogP contribution in [0.2, 0.25) is 5.02 Å². The van der Waals surface area contributed by atoms with Gasteiger partial charge in [-0.1, -0.05) is 23.4 Å². The van der Waals surface area contributed by atoms with Crippen molar-refractivity contribution < 1.29 is 18.0 Å². The van der Waals surface area contributed by atoms with Crippen molar-refractivity contribution in [2.24, 2.45) is 0 Å². The first kappa shape index (κ1) is 14.4. The molecule has 18 heavy (non-hydrogen) atoms. The Morgan fingerprint density at radius 1 is 1.44 bits per heavy atom. The number of benzene rings is 1. The number of carbonyl (C=O) groups excluding carboxylic acids is 1. The molecule has 0 spiro atoms. The van der Waals surface area contributed by atoms with Crippen LogP contribution in [0.1, 0.15) is 18.1 Å². The van der Waals surface area contributed by atoms with Crippen molar-refractivity contribution in [1.82, 2.24) is 5.32 Å². The molecule has 0 unspecified atom stereocenters. The summed E-state index contributed by atoms with van der Waals surface area (Å²) in [6.45, 7) is 1.28. The van der Waals surface area contributed by atoms with Crippen LogP contribution in [-0.4, -0.2) is 12.5 Å². The molecule has 0 saturated carbocycles. The van der Waals surface area contributed by atoms with E-state index in [2.05, 4.69) is 17.2 Å². The Morgan fingerprint density at radius 3 is 2.67 bits per heavy atom. The number of halogens is 4. The first-order valence-corrected chi connectivity index (χ1v) is 5.28. The topological polar surface area (TPSA) is 29.1 Å². The van der Waals surface area contributed by atoms with Crippen LogP contribution in [0.4, 0.5) is 13.2 Å². The summed E-state index contributed by atoms with van der Waals surface area (Å²) in [5.74, 6) is 4.48. The van der Waals surface area contributed by atoms with Crippen molar-refractivity contribution in [3.05, 3.63) is 34.3 Å². The molecule has 1 aromatic carbocycles. The van der Waals surface area contributed by atoms with Gasteiger partial charge in [0.05, 0.1) is 12.1 Å². The zero-order valence-corrected chi connectivity index (χ0v) is 10.1. The summed E-state index contributed by atoms with van der Waals surface area (Å²) in [5, 5.41) is 2.53. The monoisotopic (exact) mass is 275 g/mol. The Hall–Kier alpha value is -1.67. The minimum Gasteiger partial charge on any atom is -0.345 e. The average Bonchev–Trinajstić information content (AvgIpc) is 2.22. The van der Waals surface area contributed by atoms with Gasteiger partial charge >= 0.3 is 6.18 Å². The summed E-state index contributed by atoms with van der Waals surface area (Å²) in [4.78, 5) is 10.6. The number of hydrogen-bond donors (Lipinski definition) is 1. The number of amides is 1. The Balaban J connectivity index is 2.99. The van der Waals surface area contributed by atoms with Crippen molar-refractivity contribution >= 4 is 17.5 Å². The van der Waals surface area contributed by atoms with Crippen molar-refractivity contribution in [3.8, 4) is 11.8 Å². The van der Waals surface area contributed by atoms with Crippen LogP contribution in [0, 0.1) is 11.8 Å². The Bertz CT molecular complexity index is 514. The van der Waals surface area contributed by atoms with Gasteiger partial charge in [0.15, 0.2) is 0 Å². The number of nitrogens with one attached hydrogen (secondary N) is 1. The van der Waals surface area contributed by atoms with E-state index >= 15 is 0 Å². The summed E-state index contributed by atoms with van der Waals surface area (Å²) in [6.07, 6.45) is -4.48. The van der Waals surface area contributed by atoms with E-state index in [0.29, 0.717) is 0 Å². The zero-order valence-electron chi connectivity index (χ0n) is 9.36. The highest BCUT2D eigenvalue weighted by Crippen LogP contribution is 2.32. The van der Waals surface area contributed by atoms with E-state index in [9.17, 15) is 18.0 Å². The standard InChI is InChI=1S/C12H9ClF3NO/c1-8(18)17-6-2-3-9-7-10(13)4-5-11(9)12(14,15)16/h4-5,7H,6H2,1H3,(H,17,18). The fourth-order valence-electron chi connectivity index (χ4n) is 1.18. The van der Waals surface area contributed by atoms with Gasteiger partial charge in [0.25, 0.3) is 0 Å². The molecule has 1 aromatic rings.